The summed E-state index contributed by atoms with van der Waals surface area (Å²) in [5.41, 5.74) is 0.741. The topological polar surface area (TPSA) is 106 Å². The van der Waals surface area contributed by atoms with E-state index in [9.17, 15) is 19.7 Å². The Morgan fingerprint density at radius 2 is 2.04 bits per heavy atom. The van der Waals surface area contributed by atoms with Crippen LogP contribution in [0.2, 0.25) is 0 Å². The normalized spacial score (nSPS) is 15.7. The Hall–Kier alpha value is -2.90. The van der Waals surface area contributed by atoms with Crippen molar-refractivity contribution >= 4 is 28.4 Å². The minimum Gasteiger partial charge on any atom is -0.352 e. The van der Waals surface area contributed by atoms with Gasteiger partial charge in [0, 0.05) is 35.3 Å². The van der Waals surface area contributed by atoms with Crippen LogP contribution >= 0.6 is 0 Å². The van der Waals surface area contributed by atoms with Crippen LogP contribution in [0.4, 0.5) is 5.69 Å². The Morgan fingerprint density at radius 3 is 2.73 bits per heavy atom. The molecular formula is C18H22N4O4. The third-order valence-corrected chi connectivity index (χ3v) is 4.75. The standard InChI is InChI=1S/C18H22N4O4/c1-12(18(24)20-14-4-2-3-5-14)19-17(23)11-21-9-8-13-10-15(22(25)26)6-7-16(13)21/h6-10,12,14H,2-5,11H2,1H3,(H,19,23)(H,20,24)/t12-/m1/s1. The summed E-state index contributed by atoms with van der Waals surface area (Å²) in [6.45, 7) is 1.71. The van der Waals surface area contributed by atoms with E-state index in [4.69, 9.17) is 0 Å². The minimum absolute atomic E-state index is 0.0110. The summed E-state index contributed by atoms with van der Waals surface area (Å²) in [7, 11) is 0. The van der Waals surface area contributed by atoms with Gasteiger partial charge in [-0.25, -0.2) is 0 Å². The molecule has 0 saturated heterocycles. The van der Waals surface area contributed by atoms with Crippen molar-refractivity contribution in [3.63, 3.8) is 0 Å². The molecule has 8 nitrogen and oxygen atoms in total. The molecule has 1 aromatic heterocycles. The number of nitrogens with zero attached hydrogens (tertiary/aromatic N) is 2. The molecule has 0 spiro atoms. The molecule has 2 N–H and O–H groups in total. The fourth-order valence-corrected chi connectivity index (χ4v) is 3.34. The maximum absolute atomic E-state index is 12.3. The van der Waals surface area contributed by atoms with Crippen molar-refractivity contribution in [1.82, 2.24) is 15.2 Å². The van der Waals surface area contributed by atoms with Crippen LogP contribution in [-0.2, 0) is 16.1 Å². The fourth-order valence-electron chi connectivity index (χ4n) is 3.34. The molecule has 1 aliphatic rings. The van der Waals surface area contributed by atoms with Crippen LogP contribution in [0.25, 0.3) is 10.9 Å². The molecule has 26 heavy (non-hydrogen) atoms. The lowest BCUT2D eigenvalue weighted by atomic mass is 10.2. The Balaban J connectivity index is 1.59. The van der Waals surface area contributed by atoms with Gasteiger partial charge < -0.3 is 15.2 Å². The summed E-state index contributed by atoms with van der Waals surface area (Å²) >= 11 is 0. The first-order valence-electron chi connectivity index (χ1n) is 8.77. The molecule has 8 heteroatoms. The van der Waals surface area contributed by atoms with Gasteiger partial charge in [0.05, 0.1) is 4.92 Å². The summed E-state index contributed by atoms with van der Waals surface area (Å²) in [4.78, 5) is 34.8. The van der Waals surface area contributed by atoms with Crippen LogP contribution in [0, 0.1) is 10.1 Å². The van der Waals surface area contributed by atoms with Gasteiger partial charge in [-0.2, -0.15) is 0 Å². The average molecular weight is 358 g/mol. The van der Waals surface area contributed by atoms with E-state index in [0.29, 0.717) is 5.39 Å². The van der Waals surface area contributed by atoms with Crippen LogP contribution in [0.1, 0.15) is 32.6 Å². The fraction of sp³-hybridized carbons (Fsp3) is 0.444. The first-order valence-corrected chi connectivity index (χ1v) is 8.77. The number of rotatable bonds is 6. The van der Waals surface area contributed by atoms with Gasteiger partial charge in [0.1, 0.15) is 12.6 Å². The van der Waals surface area contributed by atoms with Crippen molar-refractivity contribution in [2.45, 2.75) is 51.2 Å². The summed E-state index contributed by atoms with van der Waals surface area (Å²) < 4.78 is 1.70. The predicted molar refractivity (Wildman–Crippen MR) is 96.6 cm³/mol. The maximum atomic E-state index is 12.3. The highest BCUT2D eigenvalue weighted by Crippen LogP contribution is 2.22. The maximum Gasteiger partial charge on any atom is 0.270 e. The number of amides is 2. The van der Waals surface area contributed by atoms with Crippen LogP contribution in [-0.4, -0.2) is 33.4 Å². The number of benzene rings is 1. The quantitative estimate of drug-likeness (QED) is 0.609. The van der Waals surface area contributed by atoms with E-state index in [1.54, 1.807) is 29.8 Å². The number of aromatic nitrogens is 1. The van der Waals surface area contributed by atoms with E-state index in [2.05, 4.69) is 10.6 Å². The lowest BCUT2D eigenvalue weighted by molar-refractivity contribution is -0.384. The first kappa shape index (κ1) is 17.9. The number of hydrogen-bond donors (Lipinski definition) is 2. The van der Waals surface area contributed by atoms with Crippen LogP contribution in [0.15, 0.2) is 30.5 Å². The third kappa shape index (κ3) is 4.01. The van der Waals surface area contributed by atoms with Crippen molar-refractivity contribution in [3.05, 3.63) is 40.6 Å². The first-order chi connectivity index (χ1) is 12.4. The summed E-state index contributed by atoms with van der Waals surface area (Å²) in [5, 5.41) is 17.2. The zero-order chi connectivity index (χ0) is 18.7. The molecule has 138 valence electrons. The highest BCUT2D eigenvalue weighted by Gasteiger charge is 2.22. The number of carbonyl (C=O) groups excluding carboxylic acids is 2. The van der Waals surface area contributed by atoms with Gasteiger partial charge in [-0.05, 0) is 31.9 Å². The Bertz CT molecular complexity index is 839. The van der Waals surface area contributed by atoms with E-state index >= 15 is 0 Å². The highest BCUT2D eigenvalue weighted by atomic mass is 16.6. The van der Waals surface area contributed by atoms with Gasteiger partial charge in [-0.15, -0.1) is 0 Å². The van der Waals surface area contributed by atoms with Crippen molar-refractivity contribution in [1.29, 1.82) is 0 Å². The number of fused-ring (bicyclic) bond motifs is 1. The van der Waals surface area contributed by atoms with Crippen LogP contribution < -0.4 is 10.6 Å². The molecule has 1 aromatic carbocycles. The molecule has 2 amide bonds. The van der Waals surface area contributed by atoms with Crippen LogP contribution in [0.5, 0.6) is 0 Å². The lowest BCUT2D eigenvalue weighted by Crippen LogP contribution is -2.48. The van der Waals surface area contributed by atoms with E-state index < -0.39 is 11.0 Å². The highest BCUT2D eigenvalue weighted by molar-refractivity contribution is 5.89. The Labute approximate surface area is 150 Å². The molecular weight excluding hydrogens is 336 g/mol. The van der Waals surface area contributed by atoms with E-state index in [0.717, 1.165) is 31.2 Å². The minimum atomic E-state index is -0.606. The monoisotopic (exact) mass is 358 g/mol. The van der Waals surface area contributed by atoms with Gasteiger partial charge >= 0.3 is 0 Å². The molecule has 1 heterocycles. The van der Waals surface area contributed by atoms with Gasteiger partial charge in [0.25, 0.3) is 5.69 Å². The van der Waals surface area contributed by atoms with Gasteiger partial charge in [0.15, 0.2) is 0 Å². The SMILES string of the molecule is C[C@@H](NC(=O)Cn1ccc2cc([N+](=O)[O-])ccc21)C(=O)NC1CCCC1. The second-order valence-electron chi connectivity index (χ2n) is 6.72. The zero-order valence-corrected chi connectivity index (χ0v) is 14.6. The largest absolute Gasteiger partial charge is 0.352 e. The van der Waals surface area contributed by atoms with Crippen molar-refractivity contribution in [2.75, 3.05) is 0 Å². The van der Waals surface area contributed by atoms with Crippen molar-refractivity contribution in [2.24, 2.45) is 0 Å². The summed E-state index contributed by atoms with van der Waals surface area (Å²) in [5.74, 6) is -0.451. The predicted octanol–water partition coefficient (Wildman–Crippen LogP) is 2.11. The molecule has 1 fully saturated rings. The summed E-state index contributed by atoms with van der Waals surface area (Å²) in [6, 6.07) is 5.84. The van der Waals surface area contributed by atoms with Crippen LogP contribution in [0.3, 0.4) is 0 Å². The molecule has 1 saturated carbocycles. The third-order valence-electron chi connectivity index (χ3n) is 4.75. The molecule has 2 aromatic rings. The van der Waals surface area contributed by atoms with E-state index in [1.165, 1.54) is 12.1 Å². The molecule has 0 aliphatic heterocycles. The number of hydrogen-bond acceptors (Lipinski definition) is 4. The molecule has 3 rings (SSSR count). The Morgan fingerprint density at radius 1 is 1.31 bits per heavy atom. The number of non-ortho nitro benzene ring substituents is 1. The van der Waals surface area contributed by atoms with Gasteiger partial charge in [-0.1, -0.05) is 12.8 Å². The molecule has 1 atom stereocenters. The number of carbonyl (C=O) groups is 2. The van der Waals surface area contributed by atoms with Gasteiger partial charge in [0.2, 0.25) is 11.8 Å². The van der Waals surface area contributed by atoms with Gasteiger partial charge in [-0.3, -0.25) is 19.7 Å². The van der Waals surface area contributed by atoms with Crippen molar-refractivity contribution < 1.29 is 14.5 Å². The molecule has 0 bridgehead atoms. The number of nitro benzene ring substituents is 1. The second-order valence-corrected chi connectivity index (χ2v) is 6.72. The van der Waals surface area contributed by atoms with E-state index in [1.807, 2.05) is 0 Å². The number of nitro groups is 1. The summed E-state index contributed by atoms with van der Waals surface area (Å²) in [6.07, 6.45) is 5.95. The zero-order valence-electron chi connectivity index (χ0n) is 14.6. The molecule has 0 unspecified atom stereocenters. The second kappa shape index (κ2) is 7.55. The lowest BCUT2D eigenvalue weighted by Gasteiger charge is -2.18. The van der Waals surface area contributed by atoms with Crippen molar-refractivity contribution in [3.8, 4) is 0 Å². The Kier molecular flexibility index (Phi) is 5.20. The average Bonchev–Trinajstić information content (AvgIpc) is 3.24. The van der Waals surface area contributed by atoms with E-state index in [-0.39, 0.29) is 30.1 Å². The molecule has 1 aliphatic carbocycles. The number of nitrogens with one attached hydrogen (secondary N) is 2. The molecule has 0 radical (unpaired) electrons. The smallest absolute Gasteiger partial charge is 0.270 e.